The molecule has 3 N–H and O–H groups in total. The van der Waals surface area contributed by atoms with Gasteiger partial charge in [-0.3, -0.25) is 0 Å². The zero-order valence-electron chi connectivity index (χ0n) is 7.01. The first kappa shape index (κ1) is 7.32. The minimum atomic E-state index is 0.0503. The maximum absolute atomic E-state index is 6.29. The van der Waals surface area contributed by atoms with Crippen molar-refractivity contribution in [2.45, 2.75) is 18.9 Å². The lowest BCUT2D eigenvalue weighted by Crippen LogP contribution is -2.53. The van der Waals surface area contributed by atoms with Crippen LogP contribution in [0.15, 0.2) is 12.2 Å². The maximum Gasteiger partial charge on any atom is 0.0385 e. The molecule has 0 spiro atoms. The summed E-state index contributed by atoms with van der Waals surface area (Å²) in [4.78, 5) is 0. The van der Waals surface area contributed by atoms with E-state index >= 15 is 0 Å². The lowest BCUT2D eigenvalue weighted by molar-refractivity contribution is 0.264. The van der Waals surface area contributed by atoms with Gasteiger partial charge in [-0.25, -0.2) is 0 Å². The molecule has 11 heavy (non-hydrogen) atoms. The second-order valence-electron chi connectivity index (χ2n) is 3.89. The SMILES string of the molecule is CC1C=CCC2CNCC12N. The van der Waals surface area contributed by atoms with E-state index in [1.54, 1.807) is 0 Å². The molecule has 1 fully saturated rings. The Morgan fingerprint density at radius 2 is 2.45 bits per heavy atom. The van der Waals surface area contributed by atoms with Crippen LogP contribution in [0.1, 0.15) is 13.3 Å². The average molecular weight is 152 g/mol. The summed E-state index contributed by atoms with van der Waals surface area (Å²) >= 11 is 0. The Bertz CT molecular complexity index is 188. The topological polar surface area (TPSA) is 38.0 Å². The third kappa shape index (κ3) is 0.932. The summed E-state index contributed by atoms with van der Waals surface area (Å²) in [6.45, 7) is 4.31. The molecule has 62 valence electrons. The molecule has 1 saturated heterocycles. The fourth-order valence-corrected chi connectivity index (χ4v) is 2.26. The highest BCUT2D eigenvalue weighted by Crippen LogP contribution is 2.34. The van der Waals surface area contributed by atoms with Crippen molar-refractivity contribution >= 4 is 0 Å². The van der Waals surface area contributed by atoms with E-state index in [9.17, 15) is 0 Å². The van der Waals surface area contributed by atoms with Gasteiger partial charge in [0.1, 0.15) is 0 Å². The van der Waals surface area contributed by atoms with Crippen LogP contribution in [-0.2, 0) is 0 Å². The standard InChI is InChI=1S/C9H16N2/c1-7-3-2-4-8-5-11-6-9(7,8)10/h2-3,7-8,11H,4-6,10H2,1H3. The quantitative estimate of drug-likeness (QED) is 0.496. The van der Waals surface area contributed by atoms with Gasteiger partial charge in [0.25, 0.3) is 0 Å². The highest BCUT2D eigenvalue weighted by molar-refractivity contribution is 5.14. The van der Waals surface area contributed by atoms with Gasteiger partial charge in [0.2, 0.25) is 0 Å². The van der Waals surface area contributed by atoms with Crippen LogP contribution in [0, 0.1) is 11.8 Å². The molecule has 0 aromatic rings. The van der Waals surface area contributed by atoms with Gasteiger partial charge in [-0.15, -0.1) is 0 Å². The second-order valence-corrected chi connectivity index (χ2v) is 3.89. The zero-order chi connectivity index (χ0) is 7.90. The van der Waals surface area contributed by atoms with E-state index in [1.165, 1.54) is 0 Å². The predicted molar refractivity (Wildman–Crippen MR) is 46.2 cm³/mol. The van der Waals surface area contributed by atoms with Crippen molar-refractivity contribution in [2.75, 3.05) is 13.1 Å². The van der Waals surface area contributed by atoms with Crippen molar-refractivity contribution in [3.05, 3.63) is 12.2 Å². The highest BCUT2D eigenvalue weighted by atomic mass is 15.0. The Morgan fingerprint density at radius 3 is 3.18 bits per heavy atom. The lowest BCUT2D eigenvalue weighted by atomic mass is 9.73. The first-order valence-electron chi connectivity index (χ1n) is 4.40. The monoisotopic (exact) mass is 152 g/mol. The molecular weight excluding hydrogens is 136 g/mol. The molecule has 1 aliphatic carbocycles. The third-order valence-corrected chi connectivity index (χ3v) is 3.28. The highest BCUT2D eigenvalue weighted by Gasteiger charge is 2.43. The van der Waals surface area contributed by atoms with Crippen molar-refractivity contribution < 1.29 is 0 Å². The Morgan fingerprint density at radius 1 is 1.64 bits per heavy atom. The summed E-state index contributed by atoms with van der Waals surface area (Å²) in [5.74, 6) is 1.21. The van der Waals surface area contributed by atoms with E-state index in [2.05, 4.69) is 24.4 Å². The first-order chi connectivity index (χ1) is 5.23. The number of nitrogens with two attached hydrogens (primary N) is 1. The molecule has 0 aromatic carbocycles. The van der Waals surface area contributed by atoms with Gasteiger partial charge in [-0.1, -0.05) is 19.1 Å². The largest absolute Gasteiger partial charge is 0.323 e. The predicted octanol–water partition coefficient (Wildman–Crippen LogP) is 0.499. The van der Waals surface area contributed by atoms with E-state index < -0.39 is 0 Å². The fraction of sp³-hybridized carbons (Fsp3) is 0.778. The van der Waals surface area contributed by atoms with Gasteiger partial charge in [0.05, 0.1) is 0 Å². The normalized spacial score (nSPS) is 49.3. The fourth-order valence-electron chi connectivity index (χ4n) is 2.26. The summed E-state index contributed by atoms with van der Waals surface area (Å²) in [6.07, 6.45) is 5.69. The zero-order valence-corrected chi connectivity index (χ0v) is 7.01. The number of nitrogens with one attached hydrogen (secondary N) is 1. The van der Waals surface area contributed by atoms with Crippen molar-refractivity contribution in [1.82, 2.24) is 5.32 Å². The van der Waals surface area contributed by atoms with Gasteiger partial charge in [-0.2, -0.15) is 0 Å². The molecule has 2 nitrogen and oxygen atoms in total. The number of allylic oxidation sites excluding steroid dienone is 1. The molecule has 1 aliphatic heterocycles. The van der Waals surface area contributed by atoms with Crippen LogP contribution >= 0.6 is 0 Å². The summed E-state index contributed by atoms with van der Waals surface area (Å²) in [7, 11) is 0. The number of fused-ring (bicyclic) bond motifs is 1. The van der Waals surface area contributed by atoms with Gasteiger partial charge in [0.15, 0.2) is 0 Å². The molecule has 2 heteroatoms. The number of rotatable bonds is 0. The summed E-state index contributed by atoms with van der Waals surface area (Å²) in [6, 6.07) is 0. The molecule has 2 rings (SSSR count). The van der Waals surface area contributed by atoms with E-state index in [4.69, 9.17) is 5.73 Å². The minimum absolute atomic E-state index is 0.0503. The van der Waals surface area contributed by atoms with Crippen molar-refractivity contribution in [3.63, 3.8) is 0 Å². The molecule has 1 heterocycles. The molecule has 3 unspecified atom stereocenters. The average Bonchev–Trinajstić information content (AvgIpc) is 2.34. The van der Waals surface area contributed by atoms with Gasteiger partial charge in [0, 0.05) is 18.6 Å². The maximum atomic E-state index is 6.29. The van der Waals surface area contributed by atoms with Crippen LogP contribution in [-0.4, -0.2) is 18.6 Å². The summed E-state index contributed by atoms with van der Waals surface area (Å²) < 4.78 is 0. The van der Waals surface area contributed by atoms with Crippen molar-refractivity contribution in [1.29, 1.82) is 0 Å². The van der Waals surface area contributed by atoms with Crippen LogP contribution in [0.5, 0.6) is 0 Å². The van der Waals surface area contributed by atoms with Crippen LogP contribution in [0.2, 0.25) is 0 Å². The molecule has 0 bridgehead atoms. The van der Waals surface area contributed by atoms with E-state index in [-0.39, 0.29) is 5.54 Å². The molecule has 0 radical (unpaired) electrons. The van der Waals surface area contributed by atoms with E-state index in [0.717, 1.165) is 19.5 Å². The first-order valence-corrected chi connectivity index (χ1v) is 4.40. The van der Waals surface area contributed by atoms with Gasteiger partial charge in [-0.05, 0) is 18.3 Å². The van der Waals surface area contributed by atoms with Crippen LogP contribution in [0.25, 0.3) is 0 Å². The minimum Gasteiger partial charge on any atom is -0.323 e. The summed E-state index contributed by atoms with van der Waals surface area (Å²) in [5.41, 5.74) is 6.34. The van der Waals surface area contributed by atoms with Crippen LogP contribution < -0.4 is 11.1 Å². The Balaban J connectivity index is 2.27. The van der Waals surface area contributed by atoms with E-state index in [1.807, 2.05) is 0 Å². The molecule has 0 saturated carbocycles. The van der Waals surface area contributed by atoms with Gasteiger partial charge < -0.3 is 11.1 Å². The van der Waals surface area contributed by atoms with Crippen LogP contribution in [0.4, 0.5) is 0 Å². The molecule has 0 aromatic heterocycles. The number of hydrogen-bond donors (Lipinski definition) is 2. The number of hydrogen-bond acceptors (Lipinski definition) is 2. The van der Waals surface area contributed by atoms with Gasteiger partial charge >= 0.3 is 0 Å². The second kappa shape index (κ2) is 2.32. The third-order valence-electron chi connectivity index (χ3n) is 3.28. The molecule has 2 aliphatic rings. The molecule has 3 atom stereocenters. The van der Waals surface area contributed by atoms with Crippen LogP contribution in [0.3, 0.4) is 0 Å². The molecule has 0 amide bonds. The summed E-state index contributed by atoms with van der Waals surface area (Å²) in [5, 5.41) is 3.37. The lowest BCUT2D eigenvalue weighted by Gasteiger charge is -2.37. The Labute approximate surface area is 67.8 Å². The van der Waals surface area contributed by atoms with E-state index in [0.29, 0.717) is 11.8 Å². The smallest absolute Gasteiger partial charge is 0.0385 e. The van der Waals surface area contributed by atoms with Crippen molar-refractivity contribution in [3.8, 4) is 0 Å². The van der Waals surface area contributed by atoms with Crippen molar-refractivity contribution in [2.24, 2.45) is 17.6 Å². The Hall–Kier alpha value is -0.340. The molecular formula is C9H16N2. The Kier molecular flexibility index (Phi) is 1.55.